The third-order valence-electron chi connectivity index (χ3n) is 3.95. The molecule has 0 saturated carbocycles. The number of hydrogen-bond acceptors (Lipinski definition) is 4. The molecule has 0 saturated heterocycles. The maximum atomic E-state index is 12.4. The van der Waals surface area contributed by atoms with E-state index < -0.39 is 10.0 Å². The van der Waals surface area contributed by atoms with E-state index in [1.807, 2.05) is 31.2 Å². The van der Waals surface area contributed by atoms with Crippen LogP contribution >= 0.6 is 0 Å². The van der Waals surface area contributed by atoms with Gasteiger partial charge in [-0.1, -0.05) is 12.1 Å². The summed E-state index contributed by atoms with van der Waals surface area (Å²) in [5, 5.41) is 2.92. The highest BCUT2D eigenvalue weighted by Gasteiger charge is 2.14. The van der Waals surface area contributed by atoms with Crippen molar-refractivity contribution in [3.63, 3.8) is 0 Å². The van der Waals surface area contributed by atoms with E-state index in [0.29, 0.717) is 11.3 Å². The smallest absolute Gasteiger partial charge is 0.251 e. The summed E-state index contributed by atoms with van der Waals surface area (Å²) >= 11 is 0. The van der Waals surface area contributed by atoms with Gasteiger partial charge in [0.1, 0.15) is 5.75 Å². The van der Waals surface area contributed by atoms with Gasteiger partial charge in [0.2, 0.25) is 10.0 Å². The van der Waals surface area contributed by atoms with Gasteiger partial charge in [-0.05, 0) is 48.9 Å². The van der Waals surface area contributed by atoms with Gasteiger partial charge < -0.3 is 10.1 Å². The highest BCUT2D eigenvalue weighted by molar-refractivity contribution is 7.92. The zero-order valence-electron chi connectivity index (χ0n) is 14.7. The first-order chi connectivity index (χ1) is 11.7. The van der Waals surface area contributed by atoms with Gasteiger partial charge in [0.05, 0.1) is 25.1 Å². The zero-order valence-corrected chi connectivity index (χ0v) is 15.5. The zero-order chi connectivity index (χ0) is 18.6. The monoisotopic (exact) mass is 362 g/mol. The van der Waals surface area contributed by atoms with Gasteiger partial charge in [0, 0.05) is 12.6 Å². The molecule has 0 bridgehead atoms. The molecule has 2 aromatic carbocycles. The SMILES string of the molecule is COc1ccc([C@@H](C)NC(=O)c2ccc(N(C)S(C)(=O)=O)cc2)cc1. The van der Waals surface area contributed by atoms with Gasteiger partial charge in [-0.2, -0.15) is 0 Å². The highest BCUT2D eigenvalue weighted by atomic mass is 32.2. The molecule has 0 heterocycles. The van der Waals surface area contributed by atoms with E-state index in [1.165, 1.54) is 7.05 Å². The van der Waals surface area contributed by atoms with E-state index in [4.69, 9.17) is 4.74 Å². The average molecular weight is 362 g/mol. The van der Waals surface area contributed by atoms with Crippen molar-refractivity contribution >= 4 is 21.6 Å². The molecular weight excluding hydrogens is 340 g/mol. The van der Waals surface area contributed by atoms with E-state index in [2.05, 4.69) is 5.32 Å². The molecule has 0 aliphatic heterocycles. The Bertz CT molecular complexity index is 830. The Morgan fingerprint density at radius 3 is 2.12 bits per heavy atom. The lowest BCUT2D eigenvalue weighted by Crippen LogP contribution is -2.27. The second kappa shape index (κ2) is 7.57. The number of nitrogens with one attached hydrogen (secondary N) is 1. The molecule has 0 radical (unpaired) electrons. The van der Waals surface area contributed by atoms with Crippen LogP contribution in [0.25, 0.3) is 0 Å². The van der Waals surface area contributed by atoms with Crippen molar-refractivity contribution in [2.24, 2.45) is 0 Å². The molecule has 0 spiro atoms. The summed E-state index contributed by atoms with van der Waals surface area (Å²) in [5.74, 6) is 0.532. The maximum Gasteiger partial charge on any atom is 0.251 e. The van der Waals surface area contributed by atoms with Gasteiger partial charge in [-0.3, -0.25) is 9.10 Å². The second-order valence-corrected chi connectivity index (χ2v) is 7.76. The largest absolute Gasteiger partial charge is 0.497 e. The number of rotatable bonds is 6. The maximum absolute atomic E-state index is 12.4. The number of benzene rings is 2. The number of anilines is 1. The first kappa shape index (κ1) is 18.8. The molecule has 1 atom stereocenters. The lowest BCUT2D eigenvalue weighted by atomic mass is 10.1. The van der Waals surface area contributed by atoms with E-state index >= 15 is 0 Å². The van der Waals surface area contributed by atoms with Crippen molar-refractivity contribution in [3.8, 4) is 5.75 Å². The summed E-state index contributed by atoms with van der Waals surface area (Å²) in [7, 11) is -0.257. The van der Waals surface area contributed by atoms with Crippen LogP contribution in [0.1, 0.15) is 28.9 Å². The fraction of sp³-hybridized carbons (Fsp3) is 0.278. The van der Waals surface area contributed by atoms with Crippen LogP contribution in [0.3, 0.4) is 0 Å². The number of amides is 1. The fourth-order valence-electron chi connectivity index (χ4n) is 2.27. The first-order valence-electron chi connectivity index (χ1n) is 7.71. The molecule has 1 N–H and O–H groups in total. The molecule has 134 valence electrons. The number of methoxy groups -OCH3 is 1. The normalized spacial score (nSPS) is 12.3. The number of nitrogens with zero attached hydrogens (tertiary/aromatic N) is 1. The van der Waals surface area contributed by atoms with E-state index in [9.17, 15) is 13.2 Å². The highest BCUT2D eigenvalue weighted by Crippen LogP contribution is 2.19. The summed E-state index contributed by atoms with van der Waals surface area (Å²) in [6.45, 7) is 1.89. The molecule has 0 aliphatic rings. The van der Waals surface area contributed by atoms with Crippen molar-refractivity contribution in [3.05, 3.63) is 59.7 Å². The lowest BCUT2D eigenvalue weighted by molar-refractivity contribution is 0.0940. The van der Waals surface area contributed by atoms with Crippen LogP contribution in [-0.2, 0) is 10.0 Å². The van der Waals surface area contributed by atoms with E-state index in [0.717, 1.165) is 21.9 Å². The third-order valence-corrected chi connectivity index (χ3v) is 5.16. The summed E-state index contributed by atoms with van der Waals surface area (Å²) in [4.78, 5) is 12.4. The molecule has 2 aromatic rings. The number of carbonyl (C=O) groups is 1. The molecule has 25 heavy (non-hydrogen) atoms. The third kappa shape index (κ3) is 4.73. The van der Waals surface area contributed by atoms with Crippen LogP contribution < -0.4 is 14.4 Å². The molecule has 0 aliphatic carbocycles. The predicted octanol–water partition coefficient (Wildman–Crippen LogP) is 2.58. The molecule has 0 unspecified atom stereocenters. The van der Waals surface area contributed by atoms with E-state index in [-0.39, 0.29) is 11.9 Å². The summed E-state index contributed by atoms with van der Waals surface area (Å²) in [6, 6.07) is 13.7. The van der Waals surface area contributed by atoms with Crippen LogP contribution in [0.4, 0.5) is 5.69 Å². The quantitative estimate of drug-likeness (QED) is 0.857. The molecule has 6 nitrogen and oxygen atoms in total. The Morgan fingerprint density at radius 1 is 1.08 bits per heavy atom. The Kier molecular flexibility index (Phi) is 5.69. The summed E-state index contributed by atoms with van der Waals surface area (Å²) in [6.07, 6.45) is 1.13. The van der Waals surface area contributed by atoms with Crippen molar-refractivity contribution in [1.29, 1.82) is 0 Å². The Hall–Kier alpha value is -2.54. The topological polar surface area (TPSA) is 75.7 Å². The molecule has 0 aromatic heterocycles. The number of sulfonamides is 1. The van der Waals surface area contributed by atoms with Crippen molar-refractivity contribution in [2.75, 3.05) is 24.7 Å². The van der Waals surface area contributed by atoms with Crippen molar-refractivity contribution in [1.82, 2.24) is 5.32 Å². The Morgan fingerprint density at radius 2 is 1.64 bits per heavy atom. The van der Waals surface area contributed by atoms with Crippen LogP contribution in [0.15, 0.2) is 48.5 Å². The van der Waals surface area contributed by atoms with Gasteiger partial charge >= 0.3 is 0 Å². The minimum atomic E-state index is -3.33. The summed E-state index contributed by atoms with van der Waals surface area (Å²) in [5.41, 5.74) is 1.93. The molecule has 1 amide bonds. The molecule has 7 heteroatoms. The van der Waals surface area contributed by atoms with Gasteiger partial charge in [-0.15, -0.1) is 0 Å². The van der Waals surface area contributed by atoms with Crippen molar-refractivity contribution in [2.45, 2.75) is 13.0 Å². The standard InChI is InChI=1S/C18H22N2O4S/c1-13(14-7-11-17(24-3)12-8-14)19-18(21)15-5-9-16(10-6-15)20(2)25(4,22)23/h5-13H,1-4H3,(H,19,21)/t13-/m1/s1. The van der Waals surface area contributed by atoms with Crippen LogP contribution in [0, 0.1) is 0 Å². The van der Waals surface area contributed by atoms with Crippen molar-refractivity contribution < 1.29 is 17.9 Å². The summed E-state index contributed by atoms with van der Waals surface area (Å²) < 4.78 is 29.4. The number of ether oxygens (including phenoxy) is 1. The minimum Gasteiger partial charge on any atom is -0.497 e. The lowest BCUT2D eigenvalue weighted by Gasteiger charge is -2.17. The number of carbonyl (C=O) groups excluding carboxylic acids is 1. The van der Waals surface area contributed by atoms with Gasteiger partial charge in [0.25, 0.3) is 5.91 Å². The predicted molar refractivity (Wildman–Crippen MR) is 98.6 cm³/mol. The Labute approximate surface area is 148 Å². The first-order valence-corrected chi connectivity index (χ1v) is 9.56. The van der Waals surface area contributed by atoms with Gasteiger partial charge in [-0.25, -0.2) is 8.42 Å². The minimum absolute atomic E-state index is 0.170. The molecule has 2 rings (SSSR count). The average Bonchev–Trinajstić information content (AvgIpc) is 2.60. The van der Waals surface area contributed by atoms with Crippen LogP contribution in [0.5, 0.6) is 5.75 Å². The van der Waals surface area contributed by atoms with Gasteiger partial charge in [0.15, 0.2) is 0 Å². The fourth-order valence-corrected chi connectivity index (χ4v) is 2.77. The molecule has 0 fully saturated rings. The number of hydrogen-bond donors (Lipinski definition) is 1. The van der Waals surface area contributed by atoms with Crippen LogP contribution in [-0.4, -0.2) is 34.7 Å². The van der Waals surface area contributed by atoms with E-state index in [1.54, 1.807) is 31.4 Å². The second-order valence-electron chi connectivity index (χ2n) is 5.75. The van der Waals surface area contributed by atoms with Crippen LogP contribution in [0.2, 0.25) is 0 Å². The Balaban J connectivity index is 2.07. The molecular formula is C18H22N2O4S.